The predicted molar refractivity (Wildman–Crippen MR) is 122 cm³/mol. The Balaban J connectivity index is 1.60. The maximum absolute atomic E-state index is 6.39. The van der Waals surface area contributed by atoms with Crippen molar-refractivity contribution in [3.63, 3.8) is 0 Å². The maximum Gasteiger partial charge on any atom is 0.141 e. The van der Waals surface area contributed by atoms with Gasteiger partial charge in [0, 0.05) is 29.9 Å². The highest BCUT2D eigenvalue weighted by molar-refractivity contribution is 7.96. The molecule has 0 spiro atoms. The second-order valence-corrected chi connectivity index (χ2v) is 8.83. The fraction of sp³-hybridized carbons (Fsp3) is 0.435. The van der Waals surface area contributed by atoms with Crippen LogP contribution >= 0.6 is 11.9 Å². The van der Waals surface area contributed by atoms with Crippen molar-refractivity contribution in [3.8, 4) is 16.9 Å². The van der Waals surface area contributed by atoms with Gasteiger partial charge in [-0.2, -0.15) is 0 Å². The Morgan fingerprint density at radius 1 is 1.24 bits per heavy atom. The van der Waals surface area contributed by atoms with Crippen LogP contribution < -0.4 is 14.8 Å². The predicted octanol–water partition coefficient (Wildman–Crippen LogP) is 4.41. The number of hydrogen-bond acceptors (Lipinski definition) is 5. The van der Waals surface area contributed by atoms with Crippen molar-refractivity contribution < 1.29 is 4.74 Å². The number of pyridine rings is 1. The molecule has 1 aliphatic heterocycles. The van der Waals surface area contributed by atoms with Gasteiger partial charge in [-0.25, -0.2) is 4.98 Å². The Labute approximate surface area is 177 Å². The summed E-state index contributed by atoms with van der Waals surface area (Å²) >= 11 is 1.66. The molecule has 154 valence electrons. The third-order valence-corrected chi connectivity index (χ3v) is 6.31. The van der Waals surface area contributed by atoms with Gasteiger partial charge in [-0.15, -0.1) is 0 Å². The first-order valence-electron chi connectivity index (χ1n) is 10.3. The first-order valence-corrected chi connectivity index (χ1v) is 11.6. The van der Waals surface area contributed by atoms with E-state index >= 15 is 0 Å². The van der Waals surface area contributed by atoms with Crippen LogP contribution in [0.25, 0.3) is 22.2 Å². The van der Waals surface area contributed by atoms with Crippen molar-refractivity contribution in [1.29, 1.82) is 0 Å². The van der Waals surface area contributed by atoms with Crippen LogP contribution in [-0.2, 0) is 6.42 Å². The number of aromatic amines is 1. The van der Waals surface area contributed by atoms with Gasteiger partial charge >= 0.3 is 0 Å². The average Bonchev–Trinajstić information content (AvgIpc) is 3.18. The minimum absolute atomic E-state index is 0.224. The first-order chi connectivity index (χ1) is 14.2. The summed E-state index contributed by atoms with van der Waals surface area (Å²) in [5.74, 6) is 0.917. The van der Waals surface area contributed by atoms with Gasteiger partial charge in [0.25, 0.3) is 0 Å². The Bertz CT molecular complexity index is 949. The number of ether oxygens (including phenoxy) is 1. The Hall–Kier alpha value is -2.02. The van der Waals surface area contributed by atoms with Crippen molar-refractivity contribution in [2.75, 3.05) is 32.5 Å². The number of fused-ring (bicyclic) bond motifs is 1. The molecular weight excluding hydrogens is 380 g/mol. The molecule has 0 atom stereocenters. The molecule has 3 aromatic rings. The van der Waals surface area contributed by atoms with Crippen molar-refractivity contribution >= 4 is 23.0 Å². The van der Waals surface area contributed by atoms with Crippen LogP contribution in [0.5, 0.6) is 5.75 Å². The molecule has 1 aliphatic rings. The Morgan fingerprint density at radius 3 is 2.93 bits per heavy atom. The van der Waals surface area contributed by atoms with Crippen LogP contribution in [-0.4, -0.2) is 42.5 Å². The summed E-state index contributed by atoms with van der Waals surface area (Å²) in [4.78, 5) is 7.85. The molecule has 1 saturated heterocycles. The number of benzene rings is 1. The summed E-state index contributed by atoms with van der Waals surface area (Å²) in [6, 6.07) is 10.8. The fourth-order valence-corrected chi connectivity index (χ4v) is 4.30. The van der Waals surface area contributed by atoms with Crippen LogP contribution in [0, 0.1) is 5.41 Å². The standard InChI is InChI=1S/C23H30N4OS/c1-23(8-12-24-13-9-23)16-28-20-7-10-25-22-21(20)19(15-26-22)18-5-3-4-17(14-18)6-11-27-29-2/h3-5,7,10,14-15,24,27H,6,8-9,11-13,16H2,1-2H3,(H,25,26). The van der Waals surface area contributed by atoms with Crippen LogP contribution in [0.15, 0.2) is 42.7 Å². The zero-order valence-electron chi connectivity index (χ0n) is 17.3. The van der Waals surface area contributed by atoms with E-state index in [4.69, 9.17) is 4.74 Å². The summed E-state index contributed by atoms with van der Waals surface area (Å²) in [6.45, 7) is 6.16. The van der Waals surface area contributed by atoms with Gasteiger partial charge in [-0.1, -0.05) is 43.1 Å². The van der Waals surface area contributed by atoms with Crippen molar-refractivity contribution in [2.45, 2.75) is 26.2 Å². The lowest BCUT2D eigenvalue weighted by molar-refractivity contribution is 0.124. The second-order valence-electron chi connectivity index (χ2n) is 8.13. The molecule has 0 amide bonds. The zero-order valence-corrected chi connectivity index (χ0v) is 18.1. The minimum atomic E-state index is 0.224. The lowest BCUT2D eigenvalue weighted by atomic mass is 9.82. The van der Waals surface area contributed by atoms with Crippen LogP contribution in [0.3, 0.4) is 0 Å². The second kappa shape index (κ2) is 9.20. The molecular formula is C23H30N4OS. The topological polar surface area (TPSA) is 62.0 Å². The summed E-state index contributed by atoms with van der Waals surface area (Å²) in [5, 5.41) is 4.51. The highest BCUT2D eigenvalue weighted by atomic mass is 32.2. The molecule has 0 aliphatic carbocycles. The van der Waals surface area contributed by atoms with Crippen LogP contribution in [0.1, 0.15) is 25.3 Å². The molecule has 3 heterocycles. The molecule has 0 unspecified atom stereocenters. The first kappa shape index (κ1) is 20.3. The maximum atomic E-state index is 6.39. The minimum Gasteiger partial charge on any atom is -0.492 e. The molecule has 0 saturated carbocycles. The van der Waals surface area contributed by atoms with Gasteiger partial charge in [-0.05, 0) is 55.8 Å². The third kappa shape index (κ3) is 4.77. The quantitative estimate of drug-likeness (QED) is 0.379. The van der Waals surface area contributed by atoms with E-state index in [0.717, 1.165) is 67.8 Å². The SMILES string of the molecule is CSNCCc1cccc(-c2c[nH]c3nccc(OCC4(C)CCNCC4)c23)c1. The third-order valence-electron chi connectivity index (χ3n) is 5.82. The molecule has 29 heavy (non-hydrogen) atoms. The highest BCUT2D eigenvalue weighted by Gasteiger charge is 2.28. The molecule has 3 N–H and O–H groups in total. The van der Waals surface area contributed by atoms with E-state index in [1.54, 1.807) is 11.9 Å². The summed E-state index contributed by atoms with van der Waals surface area (Å²) in [5.41, 5.74) is 4.78. The van der Waals surface area contributed by atoms with Gasteiger partial charge < -0.3 is 15.0 Å². The number of rotatable bonds is 8. The van der Waals surface area contributed by atoms with E-state index in [1.807, 2.05) is 12.3 Å². The molecule has 1 aromatic carbocycles. The van der Waals surface area contributed by atoms with Crippen molar-refractivity contribution in [2.24, 2.45) is 5.41 Å². The number of nitrogens with zero attached hydrogens (tertiary/aromatic N) is 1. The monoisotopic (exact) mass is 410 g/mol. The van der Waals surface area contributed by atoms with E-state index in [0.29, 0.717) is 0 Å². The Kier molecular flexibility index (Phi) is 6.43. The van der Waals surface area contributed by atoms with E-state index < -0.39 is 0 Å². The molecule has 5 nitrogen and oxygen atoms in total. The van der Waals surface area contributed by atoms with Gasteiger partial charge in [0.05, 0.1) is 12.0 Å². The van der Waals surface area contributed by atoms with E-state index in [2.05, 4.69) is 63.6 Å². The molecule has 1 fully saturated rings. The number of H-pyrrole nitrogens is 1. The van der Waals surface area contributed by atoms with Crippen LogP contribution in [0.4, 0.5) is 0 Å². The van der Waals surface area contributed by atoms with Crippen molar-refractivity contribution in [1.82, 2.24) is 20.0 Å². The lowest BCUT2D eigenvalue weighted by Crippen LogP contribution is -2.38. The summed E-state index contributed by atoms with van der Waals surface area (Å²) in [7, 11) is 0. The normalized spacial score (nSPS) is 16.2. The molecule has 4 rings (SSSR count). The van der Waals surface area contributed by atoms with Gasteiger partial charge in [0.1, 0.15) is 11.4 Å². The number of hydrogen-bond donors (Lipinski definition) is 3. The number of aromatic nitrogens is 2. The number of nitrogens with one attached hydrogen (secondary N) is 3. The molecule has 0 bridgehead atoms. The molecule has 0 radical (unpaired) electrons. The zero-order chi connectivity index (χ0) is 20.1. The fourth-order valence-electron chi connectivity index (χ4n) is 3.99. The van der Waals surface area contributed by atoms with Gasteiger partial charge in [-0.3, -0.25) is 4.72 Å². The van der Waals surface area contributed by atoms with E-state index in [9.17, 15) is 0 Å². The lowest BCUT2D eigenvalue weighted by Gasteiger charge is -2.33. The van der Waals surface area contributed by atoms with Gasteiger partial charge in [0.15, 0.2) is 0 Å². The van der Waals surface area contributed by atoms with E-state index in [1.165, 1.54) is 11.1 Å². The highest BCUT2D eigenvalue weighted by Crippen LogP contribution is 2.36. The summed E-state index contributed by atoms with van der Waals surface area (Å²) in [6.07, 6.45) is 9.23. The van der Waals surface area contributed by atoms with Gasteiger partial charge in [0.2, 0.25) is 0 Å². The number of piperidine rings is 1. The summed E-state index contributed by atoms with van der Waals surface area (Å²) < 4.78 is 9.71. The largest absolute Gasteiger partial charge is 0.492 e. The van der Waals surface area contributed by atoms with Crippen molar-refractivity contribution in [3.05, 3.63) is 48.3 Å². The van der Waals surface area contributed by atoms with Crippen LogP contribution in [0.2, 0.25) is 0 Å². The Morgan fingerprint density at radius 2 is 2.10 bits per heavy atom. The smallest absolute Gasteiger partial charge is 0.141 e. The molecule has 6 heteroatoms. The average molecular weight is 411 g/mol. The van der Waals surface area contributed by atoms with E-state index in [-0.39, 0.29) is 5.41 Å². The molecule has 2 aromatic heterocycles.